The molecule has 0 spiro atoms. The molecule has 3 heterocycles. The van der Waals surface area contributed by atoms with Crippen LogP contribution in [0.2, 0.25) is 0 Å². The molecule has 1 N–H and O–H groups in total. The summed E-state index contributed by atoms with van der Waals surface area (Å²) >= 11 is 2.95. The number of carbonyl (C=O) groups excluding carboxylic acids is 1. The van der Waals surface area contributed by atoms with Crippen molar-refractivity contribution in [3.63, 3.8) is 0 Å². The maximum absolute atomic E-state index is 12.5. The molecule has 6 nitrogen and oxygen atoms in total. The van der Waals surface area contributed by atoms with Gasteiger partial charge in [0.2, 0.25) is 5.91 Å². The monoisotopic (exact) mass is 432 g/mol. The first kappa shape index (κ1) is 18.8. The van der Waals surface area contributed by atoms with Crippen LogP contribution in [0, 0.1) is 0 Å². The van der Waals surface area contributed by atoms with Gasteiger partial charge in [0.1, 0.15) is 21.9 Å². The second-order valence-corrected chi connectivity index (χ2v) is 8.49. The molecule has 148 valence electrons. The van der Waals surface area contributed by atoms with Crippen LogP contribution in [0.5, 0.6) is 5.75 Å². The molecule has 8 heteroatoms. The summed E-state index contributed by atoms with van der Waals surface area (Å²) in [6.07, 6.45) is 1.55. The summed E-state index contributed by atoms with van der Waals surface area (Å²) in [5.41, 5.74) is 2.47. The number of hydrogen-bond donors (Lipinski definition) is 1. The average molecular weight is 433 g/mol. The summed E-state index contributed by atoms with van der Waals surface area (Å²) in [5.74, 6) is 0.734. The summed E-state index contributed by atoms with van der Waals surface area (Å²) in [6, 6.07) is 17.5. The summed E-state index contributed by atoms with van der Waals surface area (Å²) in [6.45, 7) is 0. The number of pyridine rings is 1. The van der Waals surface area contributed by atoms with Gasteiger partial charge in [0.15, 0.2) is 0 Å². The summed E-state index contributed by atoms with van der Waals surface area (Å²) in [5, 5.41) is 5.76. The molecule has 0 bridgehead atoms. The molecule has 0 aliphatic carbocycles. The van der Waals surface area contributed by atoms with Crippen LogP contribution in [0.4, 0.5) is 5.69 Å². The molecule has 0 unspecified atom stereocenters. The van der Waals surface area contributed by atoms with Crippen LogP contribution in [-0.2, 0) is 4.79 Å². The number of para-hydroxylation sites is 3. The van der Waals surface area contributed by atoms with Crippen molar-refractivity contribution in [2.45, 2.75) is 5.03 Å². The van der Waals surface area contributed by atoms with Crippen LogP contribution in [0.25, 0.3) is 31.3 Å². The molecule has 30 heavy (non-hydrogen) atoms. The Bertz CT molecular complexity index is 1400. The second kappa shape index (κ2) is 7.89. The Morgan fingerprint density at radius 2 is 1.97 bits per heavy atom. The van der Waals surface area contributed by atoms with Crippen molar-refractivity contribution < 1.29 is 9.53 Å². The van der Waals surface area contributed by atoms with Gasteiger partial charge < -0.3 is 10.1 Å². The molecular weight excluding hydrogens is 416 g/mol. The van der Waals surface area contributed by atoms with E-state index in [-0.39, 0.29) is 11.7 Å². The number of hydrogen-bond acceptors (Lipinski definition) is 7. The lowest BCUT2D eigenvalue weighted by atomic mass is 10.2. The van der Waals surface area contributed by atoms with Crippen molar-refractivity contribution in [1.82, 2.24) is 15.0 Å². The van der Waals surface area contributed by atoms with E-state index < -0.39 is 0 Å². The molecule has 0 saturated heterocycles. The van der Waals surface area contributed by atoms with Gasteiger partial charge >= 0.3 is 0 Å². The summed E-state index contributed by atoms with van der Waals surface area (Å²) < 4.78 is 6.23. The smallest absolute Gasteiger partial charge is 0.234 e. The maximum Gasteiger partial charge on any atom is 0.234 e. The van der Waals surface area contributed by atoms with Crippen LogP contribution < -0.4 is 10.1 Å². The topological polar surface area (TPSA) is 77.0 Å². The van der Waals surface area contributed by atoms with E-state index >= 15 is 0 Å². The number of thiophene rings is 1. The zero-order valence-electron chi connectivity index (χ0n) is 16.0. The highest BCUT2D eigenvalue weighted by atomic mass is 32.2. The molecule has 0 saturated carbocycles. The van der Waals surface area contributed by atoms with Crippen molar-refractivity contribution in [3.05, 3.63) is 60.9 Å². The van der Waals surface area contributed by atoms with Gasteiger partial charge in [-0.2, -0.15) is 0 Å². The van der Waals surface area contributed by atoms with E-state index in [1.54, 1.807) is 24.8 Å². The minimum atomic E-state index is -0.124. The molecule has 0 aliphatic rings. The number of nitrogens with zero attached hydrogens (tertiary/aromatic N) is 3. The predicted octanol–water partition coefficient (Wildman–Crippen LogP) is 5.13. The Morgan fingerprint density at radius 1 is 1.13 bits per heavy atom. The average Bonchev–Trinajstić information content (AvgIpc) is 3.14. The largest absolute Gasteiger partial charge is 0.495 e. The standard InChI is InChI=1S/C22H16N4O2S2/c1-28-17-9-5-4-8-16(17)25-18(27)11-29-22-20-19(23-12-24-22)14-10-13-6-2-3-7-15(13)26-21(14)30-20/h2-10,12H,11H2,1H3,(H,25,27). The molecule has 0 radical (unpaired) electrons. The number of methoxy groups -OCH3 is 1. The first-order valence-corrected chi connectivity index (χ1v) is 11.0. The third-order valence-electron chi connectivity index (χ3n) is 4.64. The van der Waals surface area contributed by atoms with Gasteiger partial charge in [0.25, 0.3) is 0 Å². The fraction of sp³-hybridized carbons (Fsp3) is 0.0909. The van der Waals surface area contributed by atoms with E-state index in [1.165, 1.54) is 11.8 Å². The number of benzene rings is 2. The molecule has 2 aromatic carbocycles. The molecule has 0 fully saturated rings. The number of nitrogens with one attached hydrogen (secondary N) is 1. The lowest BCUT2D eigenvalue weighted by Gasteiger charge is -2.09. The number of amides is 1. The number of aromatic nitrogens is 3. The molecular formula is C22H16N4O2S2. The molecule has 3 aromatic heterocycles. The van der Waals surface area contributed by atoms with Gasteiger partial charge in [-0.25, -0.2) is 15.0 Å². The van der Waals surface area contributed by atoms with Crippen molar-refractivity contribution >= 4 is 66.0 Å². The zero-order chi connectivity index (χ0) is 20.5. The predicted molar refractivity (Wildman–Crippen MR) is 123 cm³/mol. The van der Waals surface area contributed by atoms with Crippen LogP contribution >= 0.6 is 23.1 Å². The number of anilines is 1. The van der Waals surface area contributed by atoms with E-state index in [2.05, 4.69) is 21.4 Å². The molecule has 1 amide bonds. The third-order valence-corrected chi connectivity index (χ3v) is 6.85. The van der Waals surface area contributed by atoms with E-state index in [0.29, 0.717) is 11.4 Å². The number of rotatable bonds is 5. The van der Waals surface area contributed by atoms with E-state index in [0.717, 1.165) is 36.4 Å². The maximum atomic E-state index is 12.5. The minimum Gasteiger partial charge on any atom is -0.495 e. The van der Waals surface area contributed by atoms with Gasteiger partial charge in [-0.3, -0.25) is 4.79 Å². The van der Waals surface area contributed by atoms with Crippen molar-refractivity contribution in [3.8, 4) is 5.75 Å². The fourth-order valence-electron chi connectivity index (χ4n) is 3.25. The first-order chi connectivity index (χ1) is 14.7. The molecule has 5 rings (SSSR count). The third kappa shape index (κ3) is 3.44. The molecule has 0 atom stereocenters. The van der Waals surface area contributed by atoms with Gasteiger partial charge in [-0.05, 0) is 24.3 Å². The Labute approximate surface area is 180 Å². The van der Waals surface area contributed by atoms with Gasteiger partial charge in [-0.1, -0.05) is 42.1 Å². The number of carbonyl (C=O) groups is 1. The van der Waals surface area contributed by atoms with Crippen LogP contribution in [0.15, 0.2) is 66.0 Å². The second-order valence-electron chi connectivity index (χ2n) is 6.53. The van der Waals surface area contributed by atoms with Crippen LogP contribution in [0.3, 0.4) is 0 Å². The molecule has 5 aromatic rings. The Morgan fingerprint density at radius 3 is 2.87 bits per heavy atom. The van der Waals surface area contributed by atoms with Crippen LogP contribution in [-0.4, -0.2) is 33.7 Å². The Hall–Kier alpha value is -3.23. The summed E-state index contributed by atoms with van der Waals surface area (Å²) in [4.78, 5) is 27.1. The first-order valence-electron chi connectivity index (χ1n) is 9.21. The van der Waals surface area contributed by atoms with Crippen LogP contribution in [0.1, 0.15) is 0 Å². The van der Waals surface area contributed by atoms with Crippen molar-refractivity contribution in [2.75, 3.05) is 18.2 Å². The van der Waals surface area contributed by atoms with Crippen molar-refractivity contribution in [2.24, 2.45) is 0 Å². The van der Waals surface area contributed by atoms with E-state index in [9.17, 15) is 4.79 Å². The Balaban J connectivity index is 1.43. The normalized spacial score (nSPS) is 11.2. The number of fused-ring (bicyclic) bond motifs is 4. The zero-order valence-corrected chi connectivity index (χ0v) is 17.6. The molecule has 0 aliphatic heterocycles. The number of thioether (sulfide) groups is 1. The number of ether oxygens (including phenoxy) is 1. The SMILES string of the molecule is COc1ccccc1NC(=O)CSc1ncnc2c1sc1nc3ccccc3cc12. The Kier molecular flexibility index (Phi) is 4.94. The van der Waals surface area contributed by atoms with E-state index in [1.807, 2.05) is 48.5 Å². The highest BCUT2D eigenvalue weighted by molar-refractivity contribution is 8.00. The van der Waals surface area contributed by atoms with Crippen molar-refractivity contribution in [1.29, 1.82) is 0 Å². The minimum absolute atomic E-state index is 0.124. The highest BCUT2D eigenvalue weighted by Gasteiger charge is 2.15. The lowest BCUT2D eigenvalue weighted by molar-refractivity contribution is -0.113. The summed E-state index contributed by atoms with van der Waals surface area (Å²) in [7, 11) is 1.58. The van der Waals surface area contributed by atoms with E-state index in [4.69, 9.17) is 9.72 Å². The highest BCUT2D eigenvalue weighted by Crippen LogP contribution is 2.37. The lowest BCUT2D eigenvalue weighted by Crippen LogP contribution is -2.14. The van der Waals surface area contributed by atoms with Gasteiger partial charge in [0.05, 0.1) is 34.3 Å². The van der Waals surface area contributed by atoms with Gasteiger partial charge in [0, 0.05) is 10.8 Å². The quantitative estimate of drug-likeness (QED) is 0.306. The van der Waals surface area contributed by atoms with Gasteiger partial charge in [-0.15, -0.1) is 11.3 Å². The fourth-order valence-corrected chi connectivity index (χ4v) is 5.25.